The van der Waals surface area contributed by atoms with Crippen molar-refractivity contribution in [3.63, 3.8) is 0 Å². The quantitative estimate of drug-likeness (QED) is 0.928. The number of benzene rings is 2. The molecule has 1 fully saturated rings. The van der Waals surface area contributed by atoms with Crippen LogP contribution in [0.5, 0.6) is 0 Å². The van der Waals surface area contributed by atoms with E-state index in [2.05, 4.69) is 41.4 Å². The third kappa shape index (κ3) is 3.59. The Hall–Kier alpha value is -1.78. The molecule has 2 nitrogen and oxygen atoms in total. The lowest BCUT2D eigenvalue weighted by molar-refractivity contribution is 0.195. The molecule has 1 saturated heterocycles. The molecule has 2 aromatic rings. The Morgan fingerprint density at radius 3 is 2.35 bits per heavy atom. The van der Waals surface area contributed by atoms with Gasteiger partial charge in [0, 0.05) is 37.8 Å². The molecule has 0 aromatic heterocycles. The normalized spacial score (nSPS) is 17.2. The lowest BCUT2D eigenvalue weighted by Gasteiger charge is -2.35. The van der Waals surface area contributed by atoms with Crippen molar-refractivity contribution < 1.29 is 8.78 Å². The summed E-state index contributed by atoms with van der Waals surface area (Å²) in [5.41, 5.74) is 2.85. The van der Waals surface area contributed by atoms with Crippen molar-refractivity contribution in [2.45, 2.75) is 19.4 Å². The van der Waals surface area contributed by atoms with Crippen molar-refractivity contribution in [1.29, 1.82) is 0 Å². The van der Waals surface area contributed by atoms with Gasteiger partial charge >= 0.3 is 0 Å². The first-order valence-electron chi connectivity index (χ1n) is 8.17. The van der Waals surface area contributed by atoms with Gasteiger partial charge in [-0.1, -0.05) is 37.3 Å². The van der Waals surface area contributed by atoms with E-state index in [0.717, 1.165) is 44.2 Å². The van der Waals surface area contributed by atoms with E-state index < -0.39 is 11.6 Å². The number of aryl methyl sites for hydroxylation is 1. The van der Waals surface area contributed by atoms with Crippen LogP contribution in [0, 0.1) is 11.6 Å². The Kier molecular flexibility index (Phi) is 5.03. The molecular formula is C19H22F2N2. The zero-order chi connectivity index (χ0) is 16.2. The Balaban J connectivity index is 2.01. The molecule has 0 saturated carbocycles. The second-order valence-corrected chi connectivity index (χ2v) is 5.95. The van der Waals surface area contributed by atoms with E-state index in [4.69, 9.17) is 0 Å². The predicted molar refractivity (Wildman–Crippen MR) is 88.5 cm³/mol. The second kappa shape index (κ2) is 7.20. The summed E-state index contributed by atoms with van der Waals surface area (Å²) >= 11 is 0. The molecule has 1 aliphatic rings. The molecule has 23 heavy (non-hydrogen) atoms. The number of nitrogens with zero attached hydrogens (tertiary/aromatic N) is 1. The van der Waals surface area contributed by atoms with Crippen molar-refractivity contribution in [2.24, 2.45) is 0 Å². The van der Waals surface area contributed by atoms with Crippen LogP contribution in [0.15, 0.2) is 42.5 Å². The number of nitrogens with one attached hydrogen (secondary N) is 1. The Labute approximate surface area is 136 Å². The second-order valence-electron chi connectivity index (χ2n) is 5.95. The maximum atomic E-state index is 14.4. The first-order chi connectivity index (χ1) is 11.2. The summed E-state index contributed by atoms with van der Waals surface area (Å²) in [7, 11) is 0. The Bertz CT molecular complexity index is 649. The molecule has 1 atom stereocenters. The molecule has 0 spiro atoms. The summed E-state index contributed by atoms with van der Waals surface area (Å²) in [5.74, 6) is -1.01. The summed E-state index contributed by atoms with van der Waals surface area (Å²) in [5, 5.41) is 3.32. The number of rotatable bonds is 4. The molecule has 0 aliphatic carbocycles. The number of halogens is 2. The van der Waals surface area contributed by atoms with Crippen LogP contribution < -0.4 is 5.32 Å². The smallest absolute Gasteiger partial charge is 0.131 e. The highest BCUT2D eigenvalue weighted by atomic mass is 19.1. The van der Waals surface area contributed by atoms with Gasteiger partial charge in [0.1, 0.15) is 11.6 Å². The number of hydrogen-bond donors (Lipinski definition) is 1. The Morgan fingerprint density at radius 1 is 1.04 bits per heavy atom. The molecule has 2 aromatic carbocycles. The zero-order valence-corrected chi connectivity index (χ0v) is 13.4. The van der Waals surface area contributed by atoms with Gasteiger partial charge in [0.25, 0.3) is 0 Å². The molecule has 1 heterocycles. The average molecular weight is 316 g/mol. The van der Waals surface area contributed by atoms with Gasteiger partial charge in [-0.15, -0.1) is 0 Å². The third-order valence-corrected chi connectivity index (χ3v) is 4.48. The van der Waals surface area contributed by atoms with Crippen LogP contribution in [0.1, 0.15) is 29.7 Å². The molecular weight excluding hydrogens is 294 g/mol. The maximum absolute atomic E-state index is 14.4. The van der Waals surface area contributed by atoms with E-state index in [1.165, 1.54) is 11.6 Å². The van der Waals surface area contributed by atoms with Gasteiger partial charge in [0.15, 0.2) is 0 Å². The van der Waals surface area contributed by atoms with Crippen molar-refractivity contribution in [3.8, 4) is 0 Å². The van der Waals surface area contributed by atoms with Gasteiger partial charge in [-0.2, -0.15) is 0 Å². The van der Waals surface area contributed by atoms with Crippen molar-refractivity contribution >= 4 is 0 Å². The molecule has 3 rings (SSSR count). The molecule has 0 amide bonds. The molecule has 1 N–H and O–H groups in total. The molecule has 0 radical (unpaired) electrons. The van der Waals surface area contributed by atoms with Crippen LogP contribution in [0.2, 0.25) is 0 Å². The van der Waals surface area contributed by atoms with E-state index in [9.17, 15) is 8.78 Å². The van der Waals surface area contributed by atoms with Gasteiger partial charge in [0.2, 0.25) is 0 Å². The lowest BCUT2D eigenvalue weighted by atomic mass is 9.94. The largest absolute Gasteiger partial charge is 0.314 e. The minimum atomic E-state index is -0.536. The minimum absolute atomic E-state index is 0.177. The highest BCUT2D eigenvalue weighted by Gasteiger charge is 2.26. The van der Waals surface area contributed by atoms with Gasteiger partial charge < -0.3 is 5.32 Å². The summed E-state index contributed by atoms with van der Waals surface area (Å²) in [6.07, 6.45) is 0.976. The fourth-order valence-corrected chi connectivity index (χ4v) is 3.19. The van der Waals surface area contributed by atoms with Crippen LogP contribution in [0.4, 0.5) is 8.78 Å². The fourth-order valence-electron chi connectivity index (χ4n) is 3.19. The zero-order valence-electron chi connectivity index (χ0n) is 13.4. The van der Waals surface area contributed by atoms with Crippen LogP contribution >= 0.6 is 0 Å². The summed E-state index contributed by atoms with van der Waals surface area (Å²) < 4.78 is 27.7. The summed E-state index contributed by atoms with van der Waals surface area (Å²) in [6, 6.07) is 12.0. The molecule has 1 unspecified atom stereocenters. The first kappa shape index (κ1) is 16.1. The summed E-state index contributed by atoms with van der Waals surface area (Å²) in [4.78, 5) is 2.26. The van der Waals surface area contributed by atoms with E-state index in [1.54, 1.807) is 6.07 Å². The molecule has 1 aliphatic heterocycles. The number of hydrogen-bond acceptors (Lipinski definition) is 2. The van der Waals surface area contributed by atoms with E-state index in [0.29, 0.717) is 5.56 Å². The van der Waals surface area contributed by atoms with E-state index in [1.807, 2.05) is 0 Å². The standard InChI is InChI=1S/C19H22F2N2/c1-2-14-3-5-15(6-4-14)19(23-11-9-22-10-12-23)17-8-7-16(20)13-18(17)21/h3-8,13,19,22H,2,9-12H2,1H3. The SMILES string of the molecule is CCc1ccc(C(c2ccc(F)cc2F)N2CCNCC2)cc1. The average Bonchev–Trinajstić information content (AvgIpc) is 2.59. The van der Waals surface area contributed by atoms with E-state index in [-0.39, 0.29) is 6.04 Å². The van der Waals surface area contributed by atoms with Crippen LogP contribution in [-0.2, 0) is 6.42 Å². The van der Waals surface area contributed by atoms with Gasteiger partial charge in [-0.25, -0.2) is 8.78 Å². The van der Waals surface area contributed by atoms with Gasteiger partial charge in [-0.3, -0.25) is 4.90 Å². The van der Waals surface area contributed by atoms with Gasteiger partial charge in [0.05, 0.1) is 6.04 Å². The Morgan fingerprint density at radius 2 is 1.74 bits per heavy atom. The van der Waals surface area contributed by atoms with Crippen molar-refractivity contribution in [1.82, 2.24) is 10.2 Å². The predicted octanol–water partition coefficient (Wildman–Crippen LogP) is 3.52. The lowest BCUT2D eigenvalue weighted by Crippen LogP contribution is -2.45. The van der Waals surface area contributed by atoms with Crippen LogP contribution in [0.3, 0.4) is 0 Å². The molecule has 122 valence electrons. The summed E-state index contributed by atoms with van der Waals surface area (Å²) in [6.45, 7) is 5.56. The van der Waals surface area contributed by atoms with Gasteiger partial charge in [-0.05, 0) is 23.6 Å². The van der Waals surface area contributed by atoms with Crippen LogP contribution in [0.25, 0.3) is 0 Å². The van der Waals surface area contributed by atoms with Crippen LogP contribution in [-0.4, -0.2) is 31.1 Å². The highest BCUT2D eigenvalue weighted by Crippen LogP contribution is 2.31. The minimum Gasteiger partial charge on any atom is -0.314 e. The maximum Gasteiger partial charge on any atom is 0.131 e. The fraction of sp³-hybridized carbons (Fsp3) is 0.368. The monoisotopic (exact) mass is 316 g/mol. The van der Waals surface area contributed by atoms with Crippen molar-refractivity contribution in [3.05, 3.63) is 70.8 Å². The number of piperazine rings is 1. The third-order valence-electron chi connectivity index (χ3n) is 4.48. The molecule has 0 bridgehead atoms. The topological polar surface area (TPSA) is 15.3 Å². The van der Waals surface area contributed by atoms with Crippen molar-refractivity contribution in [2.75, 3.05) is 26.2 Å². The van der Waals surface area contributed by atoms with E-state index >= 15 is 0 Å². The first-order valence-corrected chi connectivity index (χ1v) is 8.17. The molecule has 4 heteroatoms. The highest BCUT2D eigenvalue weighted by molar-refractivity contribution is 5.35.